The number of esters is 1. The van der Waals surface area contributed by atoms with E-state index in [1.807, 2.05) is 0 Å². The second-order valence-electron chi connectivity index (χ2n) is 8.82. The van der Waals surface area contributed by atoms with Crippen LogP contribution in [0.25, 0.3) is 22.3 Å². The van der Waals surface area contributed by atoms with Gasteiger partial charge in [-0.1, -0.05) is 6.92 Å². The maximum atomic E-state index is 14.4. The molecule has 4 N–H and O–H groups in total. The number of anilines is 1. The molecule has 2 aliphatic rings. The van der Waals surface area contributed by atoms with E-state index in [4.69, 9.17) is 10.5 Å². The van der Waals surface area contributed by atoms with Gasteiger partial charge in [-0.3, -0.25) is 9.59 Å². The third-order valence-electron chi connectivity index (χ3n) is 6.88. The molecule has 0 radical (unpaired) electrons. The van der Waals surface area contributed by atoms with E-state index in [1.165, 1.54) is 28.6 Å². The number of aliphatic hydroxyl groups is 2. The molecule has 0 spiro atoms. The lowest BCUT2D eigenvalue weighted by Crippen LogP contribution is -2.44. The zero-order chi connectivity index (χ0) is 25.2. The fraction of sp³-hybridized carbons (Fsp3) is 0.333. The molecule has 0 bridgehead atoms. The summed E-state index contributed by atoms with van der Waals surface area (Å²) in [5, 5.41) is 20.8. The van der Waals surface area contributed by atoms with Gasteiger partial charge in [0.25, 0.3) is 5.56 Å². The largest absolute Gasteiger partial charge is 0.458 e. The Bertz CT molecular complexity index is 1500. The van der Waals surface area contributed by atoms with Gasteiger partial charge in [0.2, 0.25) is 5.91 Å². The number of carbonyl (C=O) groups excluding carboxylic acids is 2. The second kappa shape index (κ2) is 7.85. The molecule has 0 saturated heterocycles. The van der Waals surface area contributed by atoms with Crippen molar-refractivity contribution in [1.82, 2.24) is 14.5 Å². The molecule has 5 rings (SSSR count). The summed E-state index contributed by atoms with van der Waals surface area (Å²) in [6.45, 7) is 0.819. The number of hydrogen-bond acceptors (Lipinski definition) is 8. The van der Waals surface area contributed by atoms with Gasteiger partial charge in [0, 0.05) is 36.2 Å². The number of halogens is 1. The predicted octanol–water partition coefficient (Wildman–Crippen LogP) is 0.752. The SMILES string of the molecule is CC[C@@]1(O)C(=O)OCc2c1cc1n(c2=O)Cc2c-1nc1cc(F)c(N)cc1c2CN(C)C(=O)CO. The van der Waals surface area contributed by atoms with E-state index in [1.54, 1.807) is 13.0 Å². The number of cyclic esters (lactones) is 1. The maximum Gasteiger partial charge on any atom is 0.343 e. The molecule has 0 unspecified atom stereocenters. The van der Waals surface area contributed by atoms with Crippen LogP contribution in [0.4, 0.5) is 10.1 Å². The van der Waals surface area contributed by atoms with Crippen LogP contribution in [-0.4, -0.2) is 50.2 Å². The fourth-order valence-electron chi connectivity index (χ4n) is 4.83. The summed E-state index contributed by atoms with van der Waals surface area (Å²) >= 11 is 0. The number of fused-ring (bicyclic) bond motifs is 5. The number of nitrogen functional groups attached to an aromatic ring is 1. The van der Waals surface area contributed by atoms with E-state index in [2.05, 4.69) is 4.98 Å². The first-order valence-corrected chi connectivity index (χ1v) is 11.0. The first-order chi connectivity index (χ1) is 16.6. The molecule has 1 atom stereocenters. The lowest BCUT2D eigenvalue weighted by atomic mass is 9.86. The van der Waals surface area contributed by atoms with Crippen LogP contribution >= 0.6 is 0 Å². The topological polar surface area (TPSA) is 148 Å². The Hall–Kier alpha value is -3.83. The number of rotatable bonds is 4. The average molecular weight is 482 g/mol. The number of hydrogen-bond donors (Lipinski definition) is 3. The number of nitrogens with zero attached hydrogens (tertiary/aromatic N) is 3. The Morgan fingerprint density at radius 3 is 2.74 bits per heavy atom. The molecule has 10 nitrogen and oxygen atoms in total. The summed E-state index contributed by atoms with van der Waals surface area (Å²) < 4.78 is 20.9. The van der Waals surface area contributed by atoms with Crippen molar-refractivity contribution >= 4 is 28.5 Å². The summed E-state index contributed by atoms with van der Waals surface area (Å²) in [6, 6.07) is 4.18. The number of benzene rings is 1. The molecule has 0 saturated carbocycles. The first-order valence-electron chi connectivity index (χ1n) is 11.0. The van der Waals surface area contributed by atoms with Crippen LogP contribution in [0, 0.1) is 5.82 Å². The van der Waals surface area contributed by atoms with E-state index < -0.39 is 35.5 Å². The Kier molecular flexibility index (Phi) is 5.15. The molecule has 0 fully saturated rings. The van der Waals surface area contributed by atoms with Crippen molar-refractivity contribution in [2.75, 3.05) is 19.4 Å². The summed E-state index contributed by atoms with van der Waals surface area (Å²) in [5.74, 6) is -2.02. The quantitative estimate of drug-likeness (QED) is 0.285. The van der Waals surface area contributed by atoms with Crippen LogP contribution < -0.4 is 11.3 Å². The number of aliphatic hydroxyl groups excluding tert-OH is 1. The smallest absolute Gasteiger partial charge is 0.343 e. The standard InChI is InChI=1S/C24H23FN4O6/c1-3-24(34)15-5-19-21-13(8-29(19)22(32)14(15)10-35-23(24)33)12(7-28(2)20(31)9-30)11-4-17(26)16(25)6-18(11)27-21/h4-6,30,34H,3,7-10,26H2,1-2H3/t24-/m0/s1. The fourth-order valence-corrected chi connectivity index (χ4v) is 4.83. The zero-order valence-electron chi connectivity index (χ0n) is 19.1. The molecule has 182 valence electrons. The Balaban J connectivity index is 1.80. The molecule has 2 aliphatic heterocycles. The van der Waals surface area contributed by atoms with Gasteiger partial charge in [0.15, 0.2) is 5.60 Å². The minimum Gasteiger partial charge on any atom is -0.458 e. The van der Waals surface area contributed by atoms with Crippen LogP contribution in [0.3, 0.4) is 0 Å². The predicted molar refractivity (Wildman–Crippen MR) is 122 cm³/mol. The van der Waals surface area contributed by atoms with E-state index in [-0.39, 0.29) is 48.4 Å². The van der Waals surface area contributed by atoms with E-state index in [9.17, 15) is 29.0 Å². The number of nitrogens with two attached hydrogens (primary N) is 1. The van der Waals surface area contributed by atoms with Crippen LogP contribution in [0.2, 0.25) is 0 Å². The summed E-state index contributed by atoms with van der Waals surface area (Å²) in [6.07, 6.45) is 0.00351. The lowest BCUT2D eigenvalue weighted by Gasteiger charge is -2.31. The van der Waals surface area contributed by atoms with Gasteiger partial charge in [-0.05, 0) is 24.1 Å². The van der Waals surface area contributed by atoms with Crippen molar-refractivity contribution in [3.8, 4) is 11.4 Å². The molecule has 11 heteroatoms. The van der Waals surface area contributed by atoms with Gasteiger partial charge in [-0.25, -0.2) is 14.2 Å². The zero-order valence-corrected chi connectivity index (χ0v) is 19.1. The average Bonchev–Trinajstić information content (AvgIpc) is 3.21. The van der Waals surface area contributed by atoms with Crippen LogP contribution in [0.1, 0.15) is 35.6 Å². The minimum absolute atomic E-state index is 0.00351. The van der Waals surface area contributed by atoms with Crippen LogP contribution in [-0.2, 0) is 39.6 Å². The first kappa shape index (κ1) is 22.9. The molecule has 2 aromatic heterocycles. The van der Waals surface area contributed by atoms with Crippen molar-refractivity contribution in [2.24, 2.45) is 0 Å². The number of likely N-dealkylation sites (N-methyl/N-ethyl adjacent to an activating group) is 1. The monoisotopic (exact) mass is 482 g/mol. The van der Waals surface area contributed by atoms with Crippen molar-refractivity contribution in [3.63, 3.8) is 0 Å². The summed E-state index contributed by atoms with van der Waals surface area (Å²) in [7, 11) is 1.52. The van der Waals surface area contributed by atoms with Gasteiger partial charge in [-0.2, -0.15) is 0 Å². The third kappa shape index (κ3) is 3.22. The summed E-state index contributed by atoms with van der Waals surface area (Å²) in [5.41, 5.74) is 5.87. The lowest BCUT2D eigenvalue weighted by molar-refractivity contribution is -0.172. The number of ether oxygens (including phenoxy) is 1. The normalized spacial score (nSPS) is 18.1. The molecule has 3 aromatic rings. The number of carbonyl (C=O) groups is 2. The highest BCUT2D eigenvalue weighted by atomic mass is 19.1. The number of aromatic nitrogens is 2. The van der Waals surface area contributed by atoms with Crippen molar-refractivity contribution in [3.05, 3.63) is 56.6 Å². The van der Waals surface area contributed by atoms with E-state index >= 15 is 0 Å². The molecule has 0 aliphatic carbocycles. The Labute approximate surface area is 198 Å². The molecule has 4 heterocycles. The highest BCUT2D eigenvalue weighted by Crippen LogP contribution is 2.40. The van der Waals surface area contributed by atoms with Gasteiger partial charge < -0.3 is 30.2 Å². The Morgan fingerprint density at radius 1 is 1.31 bits per heavy atom. The van der Waals surface area contributed by atoms with Gasteiger partial charge in [-0.15, -0.1) is 0 Å². The van der Waals surface area contributed by atoms with E-state index in [0.717, 1.165) is 0 Å². The van der Waals surface area contributed by atoms with Crippen molar-refractivity contribution < 1.29 is 28.9 Å². The molecular weight excluding hydrogens is 459 g/mol. The molecule has 1 aromatic carbocycles. The third-order valence-corrected chi connectivity index (χ3v) is 6.88. The van der Waals surface area contributed by atoms with Crippen molar-refractivity contribution in [2.45, 2.75) is 38.6 Å². The van der Waals surface area contributed by atoms with Gasteiger partial charge >= 0.3 is 5.97 Å². The maximum absolute atomic E-state index is 14.4. The molecular formula is C24H23FN4O6. The van der Waals surface area contributed by atoms with Crippen LogP contribution in [0.15, 0.2) is 23.0 Å². The second-order valence-corrected chi connectivity index (χ2v) is 8.82. The molecule has 35 heavy (non-hydrogen) atoms. The minimum atomic E-state index is -1.97. The van der Waals surface area contributed by atoms with Crippen molar-refractivity contribution in [1.29, 1.82) is 0 Å². The van der Waals surface area contributed by atoms with Crippen LogP contribution in [0.5, 0.6) is 0 Å². The van der Waals surface area contributed by atoms with Gasteiger partial charge in [0.1, 0.15) is 19.0 Å². The highest BCUT2D eigenvalue weighted by Gasteiger charge is 2.45. The highest BCUT2D eigenvalue weighted by molar-refractivity contribution is 5.91. The number of pyridine rings is 2. The molecule has 1 amide bonds. The summed E-state index contributed by atoms with van der Waals surface area (Å²) in [4.78, 5) is 43.8. The van der Waals surface area contributed by atoms with Gasteiger partial charge in [0.05, 0.1) is 34.7 Å². The van der Waals surface area contributed by atoms with E-state index in [0.29, 0.717) is 27.9 Å². The Morgan fingerprint density at radius 2 is 2.06 bits per heavy atom. The number of amides is 1.